The van der Waals surface area contributed by atoms with E-state index in [4.69, 9.17) is 19.3 Å². The minimum atomic E-state index is -1.10. The molecule has 1 atom stereocenters. The Morgan fingerprint density at radius 2 is 1.92 bits per heavy atom. The number of allylic oxidation sites excluding steroid dienone is 1. The molecule has 0 fully saturated rings. The van der Waals surface area contributed by atoms with Crippen LogP contribution in [0.2, 0.25) is 0 Å². The number of esters is 1. The van der Waals surface area contributed by atoms with E-state index in [0.717, 1.165) is 5.56 Å². The number of aromatic nitrogens is 1. The van der Waals surface area contributed by atoms with Crippen molar-refractivity contribution in [1.29, 1.82) is 0 Å². The largest absolute Gasteiger partial charge is 0.490 e. The molecule has 2 heterocycles. The Morgan fingerprint density at radius 1 is 1.18 bits per heavy atom. The summed E-state index contributed by atoms with van der Waals surface area (Å²) in [5, 5.41) is 9.00. The molecular formula is C27H25IN2O7S. The van der Waals surface area contributed by atoms with Crippen LogP contribution in [0.5, 0.6) is 11.5 Å². The minimum Gasteiger partial charge on any atom is -0.490 e. The van der Waals surface area contributed by atoms with Crippen LogP contribution in [-0.4, -0.2) is 41.9 Å². The molecule has 0 saturated heterocycles. The number of nitrogens with zero attached hydrogens (tertiary/aromatic N) is 2. The maximum Gasteiger partial charge on any atom is 0.341 e. The number of carbonyl (C=O) groups is 2. The second-order valence-corrected chi connectivity index (χ2v) is 10.3. The summed E-state index contributed by atoms with van der Waals surface area (Å²) < 4.78 is 18.8. The molecule has 0 radical (unpaired) electrons. The molecule has 4 rings (SSSR count). The van der Waals surface area contributed by atoms with Crippen LogP contribution in [-0.2, 0) is 14.3 Å². The summed E-state index contributed by atoms with van der Waals surface area (Å²) in [6.07, 6.45) is 2.22. The quantitative estimate of drug-likeness (QED) is 0.280. The number of ether oxygens (including phenoxy) is 3. The van der Waals surface area contributed by atoms with Crippen molar-refractivity contribution < 1.29 is 28.9 Å². The molecule has 0 amide bonds. The molecule has 0 saturated carbocycles. The normalized spacial score (nSPS) is 15.1. The van der Waals surface area contributed by atoms with Crippen LogP contribution in [0.3, 0.4) is 0 Å². The number of methoxy groups -OCH3 is 1. The van der Waals surface area contributed by atoms with Crippen LogP contribution in [0, 0.1) is 3.57 Å². The molecule has 9 nitrogen and oxygen atoms in total. The van der Waals surface area contributed by atoms with Crippen molar-refractivity contribution in [3.05, 3.63) is 88.1 Å². The number of aliphatic carboxylic acids is 1. The lowest BCUT2D eigenvalue weighted by atomic mass is 9.95. The van der Waals surface area contributed by atoms with Crippen LogP contribution in [0.25, 0.3) is 6.08 Å². The van der Waals surface area contributed by atoms with Crippen molar-refractivity contribution in [2.45, 2.75) is 26.3 Å². The van der Waals surface area contributed by atoms with E-state index in [1.807, 2.05) is 66.8 Å². The number of carboxylic acids is 1. The third-order valence-corrected chi connectivity index (χ3v) is 7.52. The lowest BCUT2D eigenvalue weighted by Gasteiger charge is -2.25. The van der Waals surface area contributed by atoms with Gasteiger partial charge in [-0.3, -0.25) is 9.36 Å². The summed E-state index contributed by atoms with van der Waals surface area (Å²) in [6.45, 7) is 3.56. The molecule has 11 heteroatoms. The zero-order valence-electron chi connectivity index (χ0n) is 20.9. The van der Waals surface area contributed by atoms with Crippen LogP contribution in [0.4, 0.5) is 0 Å². The second kappa shape index (κ2) is 11.9. The summed E-state index contributed by atoms with van der Waals surface area (Å²) in [4.78, 5) is 42.8. The summed E-state index contributed by atoms with van der Waals surface area (Å²) in [5.41, 5.74) is 2.07. The van der Waals surface area contributed by atoms with Gasteiger partial charge in [-0.15, -0.1) is 0 Å². The van der Waals surface area contributed by atoms with E-state index in [0.29, 0.717) is 54.3 Å². The molecule has 1 aliphatic rings. The minimum absolute atomic E-state index is 0.293. The summed E-state index contributed by atoms with van der Waals surface area (Å²) in [6, 6.07) is 12.1. The second-order valence-electron chi connectivity index (χ2n) is 8.14. The van der Waals surface area contributed by atoms with Crippen molar-refractivity contribution in [3.8, 4) is 11.5 Å². The topological polar surface area (TPSA) is 116 Å². The zero-order chi connectivity index (χ0) is 27.4. The van der Waals surface area contributed by atoms with Gasteiger partial charge in [-0.25, -0.2) is 14.6 Å². The molecule has 0 spiro atoms. The Balaban J connectivity index is 1.90. The highest BCUT2D eigenvalue weighted by Gasteiger charge is 2.33. The molecule has 2 aromatic carbocycles. The molecule has 0 unspecified atom stereocenters. The summed E-state index contributed by atoms with van der Waals surface area (Å²) in [7, 11) is 1.32. The van der Waals surface area contributed by atoms with Crippen LogP contribution in [0.15, 0.2) is 63.5 Å². The van der Waals surface area contributed by atoms with E-state index in [1.165, 1.54) is 23.0 Å². The van der Waals surface area contributed by atoms with Gasteiger partial charge in [0, 0.05) is 0 Å². The van der Waals surface area contributed by atoms with Crippen molar-refractivity contribution >= 4 is 51.9 Å². The monoisotopic (exact) mass is 648 g/mol. The van der Waals surface area contributed by atoms with Gasteiger partial charge < -0.3 is 19.3 Å². The number of halogens is 1. The average molecular weight is 648 g/mol. The number of benzene rings is 2. The fourth-order valence-electron chi connectivity index (χ4n) is 4.17. The first-order valence-electron chi connectivity index (χ1n) is 11.8. The van der Waals surface area contributed by atoms with Crippen molar-refractivity contribution in [3.63, 3.8) is 0 Å². The average Bonchev–Trinajstić information content (AvgIpc) is 3.21. The third-order valence-electron chi connectivity index (χ3n) is 5.74. The van der Waals surface area contributed by atoms with Crippen molar-refractivity contribution in [2.75, 3.05) is 20.3 Å². The molecule has 198 valence electrons. The molecule has 38 heavy (non-hydrogen) atoms. The standard InChI is InChI=1S/C27H25IN2O7S/c1-4-18-22(26(34)35-3)23(16-9-7-6-8-10-16)30-25(33)20(38-27(30)29-18)13-15-11-17(28)24(37-14-21(31)32)19(12-15)36-5-2/h6-13,23H,4-5,14H2,1-3H3,(H,31,32)/b20-13-/t23-/m0/s1. The van der Waals surface area contributed by atoms with Gasteiger partial charge in [0.05, 0.1) is 39.1 Å². The number of hydrogen-bond donors (Lipinski definition) is 1. The van der Waals surface area contributed by atoms with Gasteiger partial charge in [0.25, 0.3) is 5.56 Å². The van der Waals surface area contributed by atoms with Gasteiger partial charge in [0.1, 0.15) is 0 Å². The Labute approximate surface area is 235 Å². The smallest absolute Gasteiger partial charge is 0.341 e. The van der Waals surface area contributed by atoms with Gasteiger partial charge in [0.15, 0.2) is 22.9 Å². The van der Waals surface area contributed by atoms with E-state index < -0.39 is 24.6 Å². The number of carbonyl (C=O) groups excluding carboxylic acids is 1. The number of thiazole rings is 1. The van der Waals surface area contributed by atoms with E-state index in [9.17, 15) is 14.4 Å². The van der Waals surface area contributed by atoms with Crippen molar-refractivity contribution in [2.24, 2.45) is 4.99 Å². The van der Waals surface area contributed by atoms with Gasteiger partial charge in [0.2, 0.25) is 0 Å². The van der Waals surface area contributed by atoms with E-state index in [1.54, 1.807) is 18.2 Å². The van der Waals surface area contributed by atoms with Crippen molar-refractivity contribution in [1.82, 2.24) is 4.57 Å². The number of rotatable bonds is 9. The maximum atomic E-state index is 13.8. The highest BCUT2D eigenvalue weighted by Crippen LogP contribution is 2.35. The van der Waals surface area contributed by atoms with Gasteiger partial charge >= 0.3 is 11.9 Å². The fourth-order valence-corrected chi connectivity index (χ4v) is 5.98. The maximum absolute atomic E-state index is 13.8. The highest BCUT2D eigenvalue weighted by molar-refractivity contribution is 14.1. The lowest BCUT2D eigenvalue weighted by Crippen LogP contribution is -2.40. The number of hydrogen-bond acceptors (Lipinski definition) is 8. The molecule has 1 aromatic heterocycles. The van der Waals surface area contributed by atoms with Gasteiger partial charge in [-0.05, 0) is 65.3 Å². The Kier molecular flexibility index (Phi) is 8.67. The molecule has 3 aromatic rings. The zero-order valence-corrected chi connectivity index (χ0v) is 23.9. The molecule has 1 N–H and O–H groups in total. The predicted molar refractivity (Wildman–Crippen MR) is 150 cm³/mol. The number of carboxylic acid groups (broad SMARTS) is 1. The first-order chi connectivity index (χ1) is 18.3. The first kappa shape index (κ1) is 27.6. The SMILES string of the molecule is CCOc1cc(/C=c2\sc3n(c2=O)[C@@H](c2ccccc2)C(C(=O)OC)=C(CC)N=3)cc(I)c1OCC(=O)O. The van der Waals surface area contributed by atoms with Crippen LogP contribution < -0.4 is 24.4 Å². The van der Waals surface area contributed by atoms with Crippen LogP contribution >= 0.6 is 33.9 Å². The fraction of sp³-hybridized carbons (Fsp3) is 0.259. The van der Waals surface area contributed by atoms with Gasteiger partial charge in [-0.2, -0.15) is 0 Å². The predicted octanol–water partition coefficient (Wildman–Crippen LogP) is 3.27. The Hall–Kier alpha value is -3.45. The summed E-state index contributed by atoms with van der Waals surface area (Å²) >= 11 is 3.27. The molecule has 0 bridgehead atoms. The van der Waals surface area contributed by atoms with E-state index in [2.05, 4.69) is 4.99 Å². The highest BCUT2D eigenvalue weighted by atomic mass is 127. The Morgan fingerprint density at radius 3 is 2.55 bits per heavy atom. The van der Waals surface area contributed by atoms with E-state index >= 15 is 0 Å². The first-order valence-corrected chi connectivity index (χ1v) is 13.7. The third kappa shape index (κ3) is 5.53. The van der Waals surface area contributed by atoms with E-state index in [-0.39, 0.29) is 5.56 Å². The van der Waals surface area contributed by atoms with Crippen LogP contribution in [0.1, 0.15) is 37.4 Å². The molecule has 0 aliphatic carbocycles. The molecule has 1 aliphatic heterocycles. The summed E-state index contributed by atoms with van der Waals surface area (Å²) in [5.74, 6) is -0.920. The van der Waals surface area contributed by atoms with Gasteiger partial charge in [-0.1, -0.05) is 48.6 Å². The number of fused-ring (bicyclic) bond motifs is 1. The lowest BCUT2D eigenvalue weighted by molar-refractivity contribution is -0.139. The molecular weight excluding hydrogens is 623 g/mol. The Bertz CT molecular complexity index is 1590.